The van der Waals surface area contributed by atoms with E-state index in [9.17, 15) is 0 Å². The highest BCUT2D eigenvalue weighted by atomic mass is 35.5. The van der Waals surface area contributed by atoms with Gasteiger partial charge in [0.15, 0.2) is 5.58 Å². The van der Waals surface area contributed by atoms with Crippen LogP contribution in [-0.2, 0) is 17.7 Å². The number of fused-ring (bicyclic) bond motifs is 1. The number of rotatable bonds is 7. The summed E-state index contributed by atoms with van der Waals surface area (Å²) in [7, 11) is 1.49. The highest BCUT2D eigenvalue weighted by molar-refractivity contribution is 7.09. The van der Waals surface area contributed by atoms with Crippen LogP contribution in [-0.4, -0.2) is 24.7 Å². The number of pyridine rings is 1. The Morgan fingerprint density at radius 2 is 2.48 bits per heavy atom. The summed E-state index contributed by atoms with van der Waals surface area (Å²) in [6, 6.07) is 4.36. The van der Waals surface area contributed by atoms with Gasteiger partial charge in [-0.25, -0.2) is 4.98 Å². The van der Waals surface area contributed by atoms with Crippen LogP contribution < -0.4 is 11.1 Å². The molecule has 3 aromatic heterocycles. The van der Waals surface area contributed by atoms with E-state index in [1.807, 2.05) is 17.5 Å². The minimum absolute atomic E-state index is 0.0473. The number of hydrogen-bond acceptors (Lipinski definition) is 6. The molecule has 3 N–H and O–H groups in total. The van der Waals surface area contributed by atoms with Gasteiger partial charge < -0.3 is 20.2 Å². The molecule has 0 fully saturated rings. The molecule has 25 heavy (non-hydrogen) atoms. The molecular weight excluding hydrogens is 358 g/mol. The van der Waals surface area contributed by atoms with Gasteiger partial charge in [-0.15, -0.1) is 17.8 Å². The Labute approximate surface area is 156 Å². The molecule has 0 amide bonds. The quantitative estimate of drug-likeness (QED) is 0.486. The van der Waals surface area contributed by atoms with Crippen LogP contribution in [0, 0.1) is 12.3 Å². The first-order valence-electron chi connectivity index (χ1n) is 8.06. The lowest BCUT2D eigenvalue weighted by Crippen LogP contribution is -2.28. The number of terminal acetylenes is 1. The third-order valence-corrected chi connectivity index (χ3v) is 4.65. The fourth-order valence-corrected chi connectivity index (χ4v) is 3.36. The van der Waals surface area contributed by atoms with Gasteiger partial charge in [-0.2, -0.15) is 0 Å². The summed E-state index contributed by atoms with van der Waals surface area (Å²) < 4.78 is 19.1. The second kappa shape index (κ2) is 7.89. The number of thiophene rings is 1. The number of furan rings is 1. The first kappa shape index (κ1) is 16.4. The molecule has 0 aliphatic heterocycles. The summed E-state index contributed by atoms with van der Waals surface area (Å²) in [5, 5.41) is 5.62. The third-order valence-electron chi connectivity index (χ3n) is 3.58. The lowest BCUT2D eigenvalue weighted by atomic mass is 10.1. The van der Waals surface area contributed by atoms with Crippen LogP contribution in [0.15, 0.2) is 28.0 Å². The molecule has 130 valence electrons. The van der Waals surface area contributed by atoms with Gasteiger partial charge in [0.2, 0.25) is 0 Å². The van der Waals surface area contributed by atoms with Gasteiger partial charge in [-0.05, 0) is 11.4 Å². The average Bonchev–Trinajstić information content (AvgIpc) is 3.19. The van der Waals surface area contributed by atoms with E-state index in [-0.39, 0.29) is 13.0 Å². The van der Waals surface area contributed by atoms with Gasteiger partial charge in [0.05, 0.1) is 17.9 Å². The average molecular weight is 377 g/mol. The van der Waals surface area contributed by atoms with Crippen LogP contribution >= 0.6 is 22.9 Å². The molecule has 7 heteroatoms. The molecule has 0 radical (unpaired) electrons. The Hall–Kier alpha value is -2.04. The second-order valence-electron chi connectivity index (χ2n) is 5.42. The molecule has 5 nitrogen and oxygen atoms in total. The van der Waals surface area contributed by atoms with Crippen LogP contribution in [0.2, 0.25) is 5.15 Å². The van der Waals surface area contributed by atoms with Gasteiger partial charge in [-0.3, -0.25) is 0 Å². The summed E-state index contributed by atoms with van der Waals surface area (Å²) in [6.45, 7) is 0.670. The maximum Gasteiger partial charge on any atom is 0.177 e. The zero-order chi connectivity index (χ0) is 18.7. The Morgan fingerprint density at radius 1 is 1.64 bits per heavy atom. The van der Waals surface area contributed by atoms with Gasteiger partial charge in [0.25, 0.3) is 0 Å². The molecule has 0 aliphatic carbocycles. The SMILES string of the molecule is [2H][C@](N)(COC)Cc1oc2c(NCc3cccs3)cc(Cl)nc2c1C#C. The monoisotopic (exact) mass is 376 g/mol. The summed E-state index contributed by atoms with van der Waals surface area (Å²) in [5.74, 6) is 3.01. The van der Waals surface area contributed by atoms with Crippen molar-refractivity contribution in [3.8, 4) is 12.3 Å². The number of nitrogens with one attached hydrogen (secondary N) is 1. The summed E-state index contributed by atoms with van der Waals surface area (Å²) in [6.07, 6.45) is 5.76. The first-order chi connectivity index (χ1) is 12.4. The second-order valence-corrected chi connectivity index (χ2v) is 6.84. The molecule has 0 aromatic carbocycles. The molecule has 0 unspecified atom stereocenters. The predicted molar refractivity (Wildman–Crippen MR) is 102 cm³/mol. The fourth-order valence-electron chi connectivity index (χ4n) is 2.52. The van der Waals surface area contributed by atoms with Crippen molar-refractivity contribution in [3.63, 3.8) is 0 Å². The van der Waals surface area contributed by atoms with Crippen LogP contribution in [0.5, 0.6) is 0 Å². The fraction of sp³-hybridized carbons (Fsp3) is 0.278. The Bertz CT molecular complexity index is 948. The van der Waals surface area contributed by atoms with Crippen molar-refractivity contribution in [2.75, 3.05) is 19.0 Å². The topological polar surface area (TPSA) is 73.3 Å². The number of anilines is 1. The summed E-state index contributed by atoms with van der Waals surface area (Å²) in [4.78, 5) is 5.48. The van der Waals surface area contributed by atoms with E-state index in [1.165, 1.54) is 12.0 Å². The Morgan fingerprint density at radius 3 is 3.16 bits per heavy atom. The van der Waals surface area contributed by atoms with Crippen LogP contribution in [0.25, 0.3) is 11.1 Å². The lowest BCUT2D eigenvalue weighted by molar-refractivity contribution is 0.178. The largest absolute Gasteiger partial charge is 0.456 e. The zero-order valence-corrected chi connectivity index (χ0v) is 15.2. The van der Waals surface area contributed by atoms with Gasteiger partial charge in [0, 0.05) is 38.4 Å². The van der Waals surface area contributed by atoms with E-state index in [4.69, 9.17) is 34.3 Å². The van der Waals surface area contributed by atoms with Crippen molar-refractivity contribution in [2.24, 2.45) is 5.73 Å². The minimum Gasteiger partial charge on any atom is -0.456 e. The number of ether oxygens (including phenoxy) is 1. The van der Waals surface area contributed by atoms with Crippen LogP contribution in [0.4, 0.5) is 5.69 Å². The van der Waals surface area contributed by atoms with Crippen molar-refractivity contribution in [1.82, 2.24) is 4.98 Å². The van der Waals surface area contributed by atoms with E-state index in [1.54, 1.807) is 17.4 Å². The number of nitrogens with two attached hydrogens (primary N) is 1. The summed E-state index contributed by atoms with van der Waals surface area (Å²) in [5.41, 5.74) is 8.08. The molecule has 1 atom stereocenters. The van der Waals surface area contributed by atoms with Crippen molar-refractivity contribution in [2.45, 2.75) is 19.0 Å². The molecule has 0 aliphatic rings. The number of aromatic nitrogens is 1. The van der Waals surface area contributed by atoms with Gasteiger partial charge in [0.1, 0.15) is 16.4 Å². The van der Waals surface area contributed by atoms with E-state index < -0.39 is 6.02 Å². The molecule has 0 saturated heterocycles. The van der Waals surface area contributed by atoms with Gasteiger partial charge in [-0.1, -0.05) is 23.6 Å². The maximum atomic E-state index is 8.14. The molecule has 0 spiro atoms. The molecule has 0 bridgehead atoms. The number of hydrogen-bond donors (Lipinski definition) is 2. The predicted octanol–water partition coefficient (Wildman–Crippen LogP) is 3.65. The first-order valence-corrected chi connectivity index (χ1v) is 8.82. The molecule has 3 heterocycles. The van der Waals surface area contributed by atoms with Crippen LogP contribution in [0.3, 0.4) is 0 Å². The van der Waals surface area contributed by atoms with E-state index in [0.29, 0.717) is 39.8 Å². The number of nitrogens with zero attached hydrogens (tertiary/aromatic N) is 1. The van der Waals surface area contributed by atoms with Crippen molar-refractivity contribution < 1.29 is 10.5 Å². The zero-order valence-electron chi connectivity index (χ0n) is 14.6. The smallest absolute Gasteiger partial charge is 0.177 e. The number of halogens is 1. The number of methoxy groups -OCH3 is 1. The Balaban J connectivity index is 2.00. The molecule has 0 saturated carbocycles. The minimum atomic E-state index is -1.36. The van der Waals surface area contributed by atoms with Crippen molar-refractivity contribution in [3.05, 3.63) is 44.9 Å². The van der Waals surface area contributed by atoms with Gasteiger partial charge >= 0.3 is 0 Å². The standard InChI is InChI=1S/C18H18ClN3O2S/c1-3-13-15(7-11(20)10-23-2)24-18-14(8-16(19)22-17(13)18)21-9-12-5-4-6-25-12/h1,4-6,8,11H,7,9-10,20H2,2H3,(H,21,22)/t11-/m1/s1/i11D. The Kier molecular flexibility index (Phi) is 5.19. The molecular formula is C18H18ClN3O2S. The van der Waals surface area contributed by atoms with Crippen molar-refractivity contribution in [1.29, 1.82) is 0 Å². The van der Waals surface area contributed by atoms with E-state index in [0.717, 1.165) is 0 Å². The lowest BCUT2D eigenvalue weighted by Gasteiger charge is -2.08. The highest BCUT2D eigenvalue weighted by Gasteiger charge is 2.20. The van der Waals surface area contributed by atoms with E-state index in [2.05, 4.69) is 16.2 Å². The van der Waals surface area contributed by atoms with Crippen molar-refractivity contribution >= 4 is 39.7 Å². The van der Waals surface area contributed by atoms with E-state index >= 15 is 0 Å². The normalized spacial score (nSPS) is 14.1. The highest BCUT2D eigenvalue weighted by Crippen LogP contribution is 2.33. The maximum absolute atomic E-state index is 8.14. The third kappa shape index (κ3) is 3.97. The molecule has 3 aromatic rings. The van der Waals surface area contributed by atoms with Crippen LogP contribution in [0.1, 0.15) is 17.6 Å². The summed E-state index contributed by atoms with van der Waals surface area (Å²) >= 11 is 7.81. The molecule has 3 rings (SSSR count).